The Morgan fingerprint density at radius 1 is 1.05 bits per heavy atom. The molecular formula is C15H12N4. The van der Waals surface area contributed by atoms with E-state index in [0.717, 1.165) is 16.3 Å². The van der Waals surface area contributed by atoms with Crippen LogP contribution in [0.1, 0.15) is 5.56 Å². The Morgan fingerprint density at radius 2 is 1.79 bits per heavy atom. The molecule has 0 aromatic heterocycles. The van der Waals surface area contributed by atoms with Gasteiger partial charge in [-0.25, -0.2) is 0 Å². The van der Waals surface area contributed by atoms with Crippen molar-refractivity contribution in [3.63, 3.8) is 0 Å². The van der Waals surface area contributed by atoms with Crippen molar-refractivity contribution in [2.75, 3.05) is 0 Å². The quantitative estimate of drug-likeness (QED) is 0.815. The van der Waals surface area contributed by atoms with E-state index in [2.05, 4.69) is 5.32 Å². The first kappa shape index (κ1) is 12.5. The zero-order chi connectivity index (χ0) is 13.7. The maximum Gasteiger partial charge on any atom is 0.148 e. The van der Waals surface area contributed by atoms with Crippen LogP contribution in [0.4, 0.5) is 0 Å². The van der Waals surface area contributed by atoms with Crippen LogP contribution in [0.25, 0.3) is 10.8 Å². The van der Waals surface area contributed by atoms with Crippen molar-refractivity contribution in [1.82, 2.24) is 5.32 Å². The van der Waals surface area contributed by atoms with Gasteiger partial charge in [-0.3, -0.25) is 0 Å². The van der Waals surface area contributed by atoms with Gasteiger partial charge in [0.15, 0.2) is 0 Å². The molecule has 0 spiro atoms. The number of nitriles is 2. The van der Waals surface area contributed by atoms with Gasteiger partial charge in [0.1, 0.15) is 23.5 Å². The summed E-state index contributed by atoms with van der Waals surface area (Å²) in [6.07, 6.45) is 0. The van der Waals surface area contributed by atoms with E-state index in [0.29, 0.717) is 6.54 Å². The van der Waals surface area contributed by atoms with E-state index in [1.165, 1.54) is 0 Å². The molecular weight excluding hydrogens is 236 g/mol. The molecule has 0 aliphatic carbocycles. The van der Waals surface area contributed by atoms with Crippen molar-refractivity contribution in [1.29, 1.82) is 10.5 Å². The molecule has 19 heavy (non-hydrogen) atoms. The Hall–Kier alpha value is -2.98. The van der Waals surface area contributed by atoms with Gasteiger partial charge in [0.05, 0.1) is 0 Å². The monoisotopic (exact) mass is 248 g/mol. The maximum atomic E-state index is 8.92. The van der Waals surface area contributed by atoms with Gasteiger partial charge in [-0.15, -0.1) is 0 Å². The second-order valence-electron chi connectivity index (χ2n) is 4.00. The normalized spacial score (nSPS) is 11.3. The molecule has 2 rings (SSSR count). The van der Waals surface area contributed by atoms with E-state index in [1.54, 1.807) is 6.07 Å². The molecule has 0 unspecified atom stereocenters. The van der Waals surface area contributed by atoms with Crippen LogP contribution < -0.4 is 11.1 Å². The number of nitrogens with one attached hydrogen (secondary N) is 1. The van der Waals surface area contributed by atoms with Gasteiger partial charge in [0, 0.05) is 6.54 Å². The average Bonchev–Trinajstić information content (AvgIpc) is 2.47. The topological polar surface area (TPSA) is 85.6 Å². The van der Waals surface area contributed by atoms with Gasteiger partial charge in [0.2, 0.25) is 0 Å². The average molecular weight is 248 g/mol. The minimum absolute atomic E-state index is 0.0947. The molecule has 4 heteroatoms. The summed E-state index contributed by atoms with van der Waals surface area (Å²) in [5.41, 5.74) is 6.50. The minimum Gasteiger partial charge on any atom is -0.388 e. The van der Waals surface area contributed by atoms with Gasteiger partial charge in [0.25, 0.3) is 0 Å². The van der Waals surface area contributed by atoms with Gasteiger partial charge >= 0.3 is 0 Å². The first-order chi connectivity index (χ1) is 9.26. The second-order valence-corrected chi connectivity index (χ2v) is 4.00. The maximum absolute atomic E-state index is 8.92. The Bertz CT molecular complexity index is 711. The highest BCUT2D eigenvalue weighted by atomic mass is 14.9. The number of hydrogen-bond acceptors (Lipinski definition) is 4. The third-order valence-corrected chi connectivity index (χ3v) is 2.84. The predicted octanol–water partition coefficient (Wildman–Crippen LogP) is 2.15. The summed E-state index contributed by atoms with van der Waals surface area (Å²) in [7, 11) is 0. The first-order valence-corrected chi connectivity index (χ1v) is 5.76. The lowest BCUT2D eigenvalue weighted by atomic mass is 10.0. The molecule has 0 aliphatic rings. The van der Waals surface area contributed by atoms with Crippen molar-refractivity contribution in [3.8, 4) is 12.1 Å². The van der Waals surface area contributed by atoms with Gasteiger partial charge in [-0.1, -0.05) is 42.5 Å². The summed E-state index contributed by atoms with van der Waals surface area (Å²) in [5.74, 6) is 0. The largest absolute Gasteiger partial charge is 0.388 e. The van der Waals surface area contributed by atoms with E-state index < -0.39 is 0 Å². The lowest BCUT2D eigenvalue weighted by Crippen LogP contribution is -2.16. The molecule has 2 aromatic carbocycles. The number of nitrogens with two attached hydrogens (primary N) is 1. The van der Waals surface area contributed by atoms with Crippen molar-refractivity contribution in [2.24, 2.45) is 5.73 Å². The van der Waals surface area contributed by atoms with E-state index in [9.17, 15) is 0 Å². The molecule has 0 saturated carbocycles. The Labute approximate surface area is 111 Å². The van der Waals surface area contributed by atoms with Crippen LogP contribution >= 0.6 is 0 Å². The Kier molecular flexibility index (Phi) is 3.66. The summed E-state index contributed by atoms with van der Waals surface area (Å²) < 4.78 is 0. The fraction of sp³-hybridized carbons (Fsp3) is 0.0667. The number of allylic oxidation sites excluding steroid dienone is 2. The van der Waals surface area contributed by atoms with Gasteiger partial charge in [-0.05, 0) is 16.3 Å². The van der Waals surface area contributed by atoms with Crippen LogP contribution in [-0.4, -0.2) is 0 Å². The second kappa shape index (κ2) is 5.57. The number of benzene rings is 2. The lowest BCUT2D eigenvalue weighted by Gasteiger charge is -2.08. The number of hydrogen-bond donors (Lipinski definition) is 2. The highest BCUT2D eigenvalue weighted by molar-refractivity contribution is 5.85. The summed E-state index contributed by atoms with van der Waals surface area (Å²) in [6.45, 7) is 0.451. The standard InChI is InChI=1S/C15H12N4/c16-8-14(18)15(9-17)19-10-12-6-3-5-11-4-1-2-7-13(11)12/h1-7,19H,10,18H2. The molecule has 0 heterocycles. The summed E-state index contributed by atoms with van der Waals surface area (Å²) >= 11 is 0. The first-order valence-electron chi connectivity index (χ1n) is 5.76. The number of fused-ring (bicyclic) bond motifs is 1. The smallest absolute Gasteiger partial charge is 0.148 e. The molecule has 0 aliphatic heterocycles. The molecule has 2 aromatic rings. The fourth-order valence-corrected chi connectivity index (χ4v) is 1.88. The minimum atomic E-state index is -0.0947. The molecule has 4 nitrogen and oxygen atoms in total. The zero-order valence-electron chi connectivity index (χ0n) is 10.2. The number of nitrogens with zero attached hydrogens (tertiary/aromatic N) is 2. The number of rotatable bonds is 3. The highest BCUT2D eigenvalue weighted by Gasteiger charge is 2.04. The van der Waals surface area contributed by atoms with Crippen LogP contribution in [0.5, 0.6) is 0 Å². The summed E-state index contributed by atoms with van der Waals surface area (Å²) in [4.78, 5) is 0. The lowest BCUT2D eigenvalue weighted by molar-refractivity contribution is 0.833. The Balaban J connectivity index is 2.29. The molecule has 0 saturated heterocycles. The van der Waals surface area contributed by atoms with Crippen LogP contribution in [-0.2, 0) is 6.54 Å². The van der Waals surface area contributed by atoms with Gasteiger partial charge < -0.3 is 11.1 Å². The van der Waals surface area contributed by atoms with Crippen LogP contribution in [0.2, 0.25) is 0 Å². The third kappa shape index (κ3) is 2.65. The SMILES string of the molecule is N#CC(N)=C(C#N)NCc1cccc2ccccc12. The molecule has 0 fully saturated rings. The molecule has 0 amide bonds. The molecule has 0 atom stereocenters. The van der Waals surface area contributed by atoms with E-state index >= 15 is 0 Å². The van der Waals surface area contributed by atoms with Crippen LogP contribution in [0.15, 0.2) is 53.9 Å². The van der Waals surface area contributed by atoms with E-state index in [-0.39, 0.29) is 11.4 Å². The van der Waals surface area contributed by atoms with Crippen molar-refractivity contribution >= 4 is 10.8 Å². The van der Waals surface area contributed by atoms with Crippen LogP contribution in [0, 0.1) is 22.7 Å². The van der Waals surface area contributed by atoms with Crippen molar-refractivity contribution in [3.05, 3.63) is 59.4 Å². The predicted molar refractivity (Wildman–Crippen MR) is 73.2 cm³/mol. The molecule has 92 valence electrons. The summed E-state index contributed by atoms with van der Waals surface area (Å²) in [6, 6.07) is 17.6. The highest BCUT2D eigenvalue weighted by Crippen LogP contribution is 2.18. The molecule has 0 radical (unpaired) electrons. The molecule has 0 bridgehead atoms. The van der Waals surface area contributed by atoms with E-state index in [1.807, 2.05) is 48.5 Å². The van der Waals surface area contributed by atoms with Crippen LogP contribution in [0.3, 0.4) is 0 Å². The summed E-state index contributed by atoms with van der Waals surface area (Å²) in [5, 5.41) is 22.8. The fourth-order valence-electron chi connectivity index (χ4n) is 1.88. The third-order valence-electron chi connectivity index (χ3n) is 2.84. The molecule has 3 N–H and O–H groups in total. The van der Waals surface area contributed by atoms with Gasteiger partial charge in [-0.2, -0.15) is 10.5 Å². The Morgan fingerprint density at radius 3 is 2.53 bits per heavy atom. The van der Waals surface area contributed by atoms with Crippen molar-refractivity contribution in [2.45, 2.75) is 6.54 Å². The zero-order valence-corrected chi connectivity index (χ0v) is 10.2. The van der Waals surface area contributed by atoms with Crippen molar-refractivity contribution < 1.29 is 0 Å². The van der Waals surface area contributed by atoms with E-state index in [4.69, 9.17) is 16.3 Å².